The van der Waals surface area contributed by atoms with E-state index in [9.17, 15) is 9.18 Å². The number of thioether (sulfide) groups is 1. The van der Waals surface area contributed by atoms with Gasteiger partial charge < -0.3 is 5.11 Å². The lowest BCUT2D eigenvalue weighted by atomic mass is 10.2. The number of hydrogen-bond donors (Lipinski definition) is 1. The molecule has 0 aliphatic heterocycles. The van der Waals surface area contributed by atoms with Crippen LogP contribution in [0.5, 0.6) is 0 Å². The van der Waals surface area contributed by atoms with Crippen molar-refractivity contribution in [2.45, 2.75) is 24.0 Å². The maximum Gasteiger partial charge on any atom is 0.313 e. The Labute approximate surface area is 129 Å². The van der Waals surface area contributed by atoms with Gasteiger partial charge in [0.05, 0.1) is 10.8 Å². The first kappa shape index (κ1) is 14.3. The average Bonchev–Trinajstić information content (AvgIpc) is 3.19. The minimum Gasteiger partial charge on any atom is -0.481 e. The molecule has 3 rings (SSSR count). The van der Waals surface area contributed by atoms with Crippen LogP contribution in [-0.2, 0) is 4.79 Å². The van der Waals surface area contributed by atoms with Crippen LogP contribution in [-0.4, -0.2) is 31.6 Å². The lowest BCUT2D eigenvalue weighted by Crippen LogP contribution is -2.03. The van der Waals surface area contributed by atoms with Gasteiger partial charge in [-0.3, -0.25) is 9.36 Å². The third kappa shape index (κ3) is 3.03. The Bertz CT molecular complexity index is 703. The van der Waals surface area contributed by atoms with Crippen LogP contribution in [0.25, 0.3) is 11.4 Å². The zero-order chi connectivity index (χ0) is 15.0. The summed E-state index contributed by atoms with van der Waals surface area (Å²) in [7, 11) is 0. The largest absolute Gasteiger partial charge is 0.481 e. The number of aromatic nitrogens is 3. The molecule has 1 saturated carbocycles. The Hall–Kier alpha value is -1.60. The van der Waals surface area contributed by atoms with Gasteiger partial charge in [-0.2, -0.15) is 0 Å². The first-order chi connectivity index (χ1) is 10.1. The molecule has 1 aromatic carbocycles. The molecule has 1 aliphatic rings. The van der Waals surface area contributed by atoms with E-state index in [2.05, 4.69) is 10.2 Å². The van der Waals surface area contributed by atoms with Crippen LogP contribution in [0, 0.1) is 5.82 Å². The van der Waals surface area contributed by atoms with Gasteiger partial charge in [0, 0.05) is 11.6 Å². The van der Waals surface area contributed by atoms with Crippen LogP contribution >= 0.6 is 23.4 Å². The first-order valence-electron chi connectivity index (χ1n) is 6.31. The normalized spacial score (nSPS) is 14.4. The number of carbonyl (C=O) groups is 1. The third-order valence-electron chi connectivity index (χ3n) is 3.08. The average molecular weight is 328 g/mol. The SMILES string of the molecule is O=C(O)CSc1nnc(-c2ccc(Cl)c(F)c2)n1C1CC1. The van der Waals surface area contributed by atoms with E-state index in [1.165, 1.54) is 12.1 Å². The van der Waals surface area contributed by atoms with E-state index in [1.807, 2.05) is 4.57 Å². The zero-order valence-corrected chi connectivity index (χ0v) is 12.4. The van der Waals surface area contributed by atoms with Crippen molar-refractivity contribution < 1.29 is 14.3 Å². The number of hydrogen-bond acceptors (Lipinski definition) is 4. The summed E-state index contributed by atoms with van der Waals surface area (Å²) in [5, 5.41) is 17.5. The summed E-state index contributed by atoms with van der Waals surface area (Å²) in [6.45, 7) is 0. The fourth-order valence-electron chi connectivity index (χ4n) is 2.00. The molecule has 0 unspecified atom stereocenters. The minimum absolute atomic E-state index is 0.0525. The number of rotatable bonds is 5. The molecule has 8 heteroatoms. The standard InChI is InChI=1S/C13H11ClFN3O2S/c14-9-4-1-7(5-10(9)15)12-16-17-13(21-6-11(19)20)18(12)8-2-3-8/h1,4-5,8H,2-3,6H2,(H,19,20). The van der Waals surface area contributed by atoms with Crippen molar-refractivity contribution in [1.82, 2.24) is 14.8 Å². The highest BCUT2D eigenvalue weighted by atomic mass is 35.5. The molecule has 0 radical (unpaired) electrons. The summed E-state index contributed by atoms with van der Waals surface area (Å²) >= 11 is 6.80. The van der Waals surface area contributed by atoms with E-state index >= 15 is 0 Å². The van der Waals surface area contributed by atoms with Crippen LogP contribution in [0.4, 0.5) is 4.39 Å². The van der Waals surface area contributed by atoms with Gasteiger partial charge in [0.15, 0.2) is 11.0 Å². The highest BCUT2D eigenvalue weighted by Crippen LogP contribution is 2.41. The second-order valence-electron chi connectivity index (χ2n) is 4.72. The lowest BCUT2D eigenvalue weighted by molar-refractivity contribution is -0.133. The van der Waals surface area contributed by atoms with Crippen LogP contribution in [0.15, 0.2) is 23.4 Å². The van der Waals surface area contributed by atoms with E-state index in [4.69, 9.17) is 16.7 Å². The molecule has 21 heavy (non-hydrogen) atoms. The van der Waals surface area contributed by atoms with Gasteiger partial charge in [-0.05, 0) is 31.0 Å². The van der Waals surface area contributed by atoms with Crippen LogP contribution in [0.2, 0.25) is 5.02 Å². The summed E-state index contributed by atoms with van der Waals surface area (Å²) in [5.41, 5.74) is 0.582. The summed E-state index contributed by atoms with van der Waals surface area (Å²) in [5.74, 6) is -0.968. The zero-order valence-electron chi connectivity index (χ0n) is 10.8. The van der Waals surface area contributed by atoms with Gasteiger partial charge in [-0.25, -0.2) is 4.39 Å². The molecule has 5 nitrogen and oxygen atoms in total. The van der Waals surface area contributed by atoms with Crippen molar-refractivity contribution in [1.29, 1.82) is 0 Å². The maximum absolute atomic E-state index is 13.6. The molecule has 110 valence electrons. The first-order valence-corrected chi connectivity index (χ1v) is 7.67. The Kier molecular flexibility index (Phi) is 3.86. The van der Waals surface area contributed by atoms with Crippen molar-refractivity contribution in [2.24, 2.45) is 0 Å². The van der Waals surface area contributed by atoms with E-state index < -0.39 is 11.8 Å². The molecule has 0 bridgehead atoms. The predicted molar refractivity (Wildman–Crippen MR) is 77.1 cm³/mol. The molecule has 0 atom stereocenters. The highest BCUT2D eigenvalue weighted by molar-refractivity contribution is 7.99. The second kappa shape index (κ2) is 5.65. The monoisotopic (exact) mass is 327 g/mol. The number of carboxylic acids is 1. The molecule has 2 aromatic rings. The quantitative estimate of drug-likeness (QED) is 0.854. The minimum atomic E-state index is -0.913. The number of carboxylic acid groups (broad SMARTS) is 1. The van der Waals surface area contributed by atoms with E-state index in [1.54, 1.807) is 6.07 Å². The van der Waals surface area contributed by atoms with E-state index in [0.29, 0.717) is 16.5 Å². The Balaban J connectivity index is 1.98. The van der Waals surface area contributed by atoms with Gasteiger partial charge in [-0.15, -0.1) is 10.2 Å². The topological polar surface area (TPSA) is 68.0 Å². The molecule has 0 spiro atoms. The Morgan fingerprint density at radius 1 is 1.48 bits per heavy atom. The molecule has 1 aromatic heterocycles. The molecule has 1 fully saturated rings. The highest BCUT2D eigenvalue weighted by Gasteiger charge is 2.30. The molecule has 1 aliphatic carbocycles. The van der Waals surface area contributed by atoms with E-state index in [0.717, 1.165) is 24.6 Å². The van der Waals surface area contributed by atoms with E-state index in [-0.39, 0.29) is 16.8 Å². The third-order valence-corrected chi connectivity index (χ3v) is 4.31. The number of aliphatic carboxylic acids is 1. The molecule has 1 N–H and O–H groups in total. The maximum atomic E-state index is 13.6. The van der Waals surface area contributed by atoms with Crippen LogP contribution in [0.1, 0.15) is 18.9 Å². The van der Waals surface area contributed by atoms with Crippen LogP contribution < -0.4 is 0 Å². The smallest absolute Gasteiger partial charge is 0.313 e. The summed E-state index contributed by atoms with van der Waals surface area (Å²) < 4.78 is 15.5. The van der Waals surface area contributed by atoms with Gasteiger partial charge in [0.1, 0.15) is 5.82 Å². The summed E-state index contributed by atoms with van der Waals surface area (Å²) in [6.07, 6.45) is 1.98. The fraction of sp³-hybridized carbons (Fsp3) is 0.308. The van der Waals surface area contributed by atoms with Crippen molar-refractivity contribution >= 4 is 29.3 Å². The lowest BCUT2D eigenvalue weighted by Gasteiger charge is -2.08. The Morgan fingerprint density at radius 2 is 2.24 bits per heavy atom. The van der Waals surface area contributed by atoms with Gasteiger partial charge in [-0.1, -0.05) is 23.4 Å². The second-order valence-corrected chi connectivity index (χ2v) is 6.07. The molecular weight excluding hydrogens is 317 g/mol. The molecular formula is C13H11ClFN3O2S. The van der Waals surface area contributed by atoms with Crippen molar-refractivity contribution in [3.8, 4) is 11.4 Å². The van der Waals surface area contributed by atoms with Crippen LogP contribution in [0.3, 0.4) is 0 Å². The summed E-state index contributed by atoms with van der Waals surface area (Å²) in [6, 6.07) is 4.73. The number of halogens is 2. The number of nitrogens with zero attached hydrogens (tertiary/aromatic N) is 3. The van der Waals surface area contributed by atoms with Gasteiger partial charge >= 0.3 is 5.97 Å². The fourth-order valence-corrected chi connectivity index (χ4v) is 2.84. The van der Waals surface area contributed by atoms with Crippen molar-refractivity contribution in [3.63, 3.8) is 0 Å². The van der Waals surface area contributed by atoms with Gasteiger partial charge in [0.25, 0.3) is 0 Å². The summed E-state index contributed by atoms with van der Waals surface area (Å²) in [4.78, 5) is 10.7. The van der Waals surface area contributed by atoms with Gasteiger partial charge in [0.2, 0.25) is 0 Å². The molecule has 0 amide bonds. The van der Waals surface area contributed by atoms with Crippen molar-refractivity contribution in [3.05, 3.63) is 29.0 Å². The molecule has 1 heterocycles. The molecule has 0 saturated heterocycles. The number of benzene rings is 1. The Morgan fingerprint density at radius 3 is 2.86 bits per heavy atom. The predicted octanol–water partition coefficient (Wildman–Crippen LogP) is 3.25. The van der Waals surface area contributed by atoms with Crippen molar-refractivity contribution in [2.75, 3.05) is 5.75 Å².